The third kappa shape index (κ3) is 3.35. The van der Waals surface area contributed by atoms with Gasteiger partial charge in [-0.2, -0.15) is 0 Å². The van der Waals surface area contributed by atoms with Gasteiger partial charge in [0, 0.05) is 22.5 Å². The lowest BCUT2D eigenvalue weighted by molar-refractivity contribution is 0.654. The molecule has 0 aliphatic carbocycles. The minimum atomic E-state index is 0.380. The second-order valence-electron chi connectivity index (χ2n) is 9.98. The summed E-state index contributed by atoms with van der Waals surface area (Å²) in [6, 6.07) is 23.5. The van der Waals surface area contributed by atoms with Gasteiger partial charge >= 0.3 is 0 Å². The summed E-state index contributed by atoms with van der Waals surface area (Å²) >= 11 is 0. The minimum Gasteiger partial charge on any atom is -0.438 e. The SMILES string of the molecule is Cc1cc2oc3ncccc3c2cc1-c1nc2ccccc2n1-c1c(C(C)C)cccc1C(C)C. The van der Waals surface area contributed by atoms with Crippen LogP contribution in [0.25, 0.3) is 50.2 Å². The third-order valence-corrected chi connectivity index (χ3v) is 6.96. The lowest BCUT2D eigenvalue weighted by Crippen LogP contribution is -2.08. The molecule has 0 saturated carbocycles. The van der Waals surface area contributed by atoms with Crippen LogP contribution in [0.4, 0.5) is 0 Å². The molecule has 6 rings (SSSR count). The van der Waals surface area contributed by atoms with E-state index < -0.39 is 0 Å². The molecule has 0 atom stereocenters. The van der Waals surface area contributed by atoms with Crippen molar-refractivity contribution >= 4 is 33.1 Å². The van der Waals surface area contributed by atoms with E-state index in [0.717, 1.165) is 44.3 Å². The van der Waals surface area contributed by atoms with Gasteiger partial charge in [0.2, 0.25) is 5.71 Å². The zero-order chi connectivity index (χ0) is 24.3. The van der Waals surface area contributed by atoms with Crippen molar-refractivity contribution in [3.8, 4) is 17.1 Å². The standard InChI is InChI=1S/C31H29N3O/c1-18(2)21-10-8-11-22(19(3)4)29(21)34-27-14-7-6-13-26(27)33-30(34)24-17-25-23-12-9-15-32-31(23)35-28(25)16-20(24)5/h6-19H,1-5H3. The van der Waals surface area contributed by atoms with Crippen LogP contribution in [0.5, 0.6) is 0 Å². The summed E-state index contributed by atoms with van der Waals surface area (Å²) in [4.78, 5) is 9.63. The molecule has 174 valence electrons. The Kier molecular flexibility index (Phi) is 4.99. The van der Waals surface area contributed by atoms with Crippen LogP contribution in [-0.2, 0) is 0 Å². The van der Waals surface area contributed by atoms with Gasteiger partial charge in [0.25, 0.3) is 0 Å². The molecule has 0 aliphatic heterocycles. The number of aryl methyl sites for hydroxylation is 1. The van der Waals surface area contributed by atoms with Crippen LogP contribution in [0.3, 0.4) is 0 Å². The van der Waals surface area contributed by atoms with E-state index in [0.29, 0.717) is 17.5 Å². The average Bonchev–Trinajstić information content (AvgIpc) is 3.40. The van der Waals surface area contributed by atoms with Crippen LogP contribution in [0.2, 0.25) is 0 Å². The maximum Gasteiger partial charge on any atom is 0.227 e. The summed E-state index contributed by atoms with van der Waals surface area (Å²) in [6.07, 6.45) is 1.77. The summed E-state index contributed by atoms with van der Waals surface area (Å²) in [6.45, 7) is 11.2. The zero-order valence-corrected chi connectivity index (χ0v) is 20.8. The van der Waals surface area contributed by atoms with E-state index in [1.165, 1.54) is 16.8 Å². The van der Waals surface area contributed by atoms with Crippen LogP contribution in [0, 0.1) is 6.92 Å². The van der Waals surface area contributed by atoms with Gasteiger partial charge < -0.3 is 4.42 Å². The summed E-state index contributed by atoms with van der Waals surface area (Å²) in [5.74, 6) is 1.72. The molecule has 6 aromatic rings. The summed E-state index contributed by atoms with van der Waals surface area (Å²) in [5, 5.41) is 2.09. The Hall–Kier alpha value is -3.92. The molecule has 0 spiro atoms. The lowest BCUT2D eigenvalue weighted by atomic mass is 9.92. The Morgan fingerprint density at radius 3 is 2.29 bits per heavy atom. The number of hydrogen-bond donors (Lipinski definition) is 0. The molecule has 0 N–H and O–H groups in total. The molecule has 0 unspecified atom stereocenters. The van der Waals surface area contributed by atoms with Crippen molar-refractivity contribution in [2.75, 3.05) is 0 Å². The molecule has 0 amide bonds. The monoisotopic (exact) mass is 459 g/mol. The Labute approximate surface area is 205 Å². The normalized spacial score (nSPS) is 12.1. The first-order chi connectivity index (χ1) is 16.9. The molecule has 3 aromatic carbocycles. The lowest BCUT2D eigenvalue weighted by Gasteiger charge is -2.23. The predicted molar refractivity (Wildman–Crippen MR) is 144 cm³/mol. The molecule has 3 heterocycles. The van der Waals surface area contributed by atoms with Gasteiger partial charge in [-0.05, 0) is 71.8 Å². The van der Waals surface area contributed by atoms with Crippen LogP contribution >= 0.6 is 0 Å². The Morgan fingerprint density at radius 1 is 0.800 bits per heavy atom. The van der Waals surface area contributed by atoms with E-state index in [2.05, 4.69) is 105 Å². The number of para-hydroxylation sites is 3. The first-order valence-corrected chi connectivity index (χ1v) is 12.3. The van der Waals surface area contributed by atoms with Crippen molar-refractivity contribution in [2.45, 2.75) is 46.5 Å². The second-order valence-corrected chi connectivity index (χ2v) is 9.98. The molecule has 0 radical (unpaired) electrons. The van der Waals surface area contributed by atoms with Crippen LogP contribution in [-0.4, -0.2) is 14.5 Å². The van der Waals surface area contributed by atoms with Crippen molar-refractivity contribution < 1.29 is 4.42 Å². The van der Waals surface area contributed by atoms with Gasteiger partial charge in [0.05, 0.1) is 16.7 Å². The number of rotatable bonds is 4. The molecular formula is C31H29N3O. The van der Waals surface area contributed by atoms with E-state index in [-0.39, 0.29) is 0 Å². The quantitative estimate of drug-likeness (QED) is 0.265. The average molecular weight is 460 g/mol. The maximum atomic E-state index is 6.06. The molecular weight excluding hydrogens is 430 g/mol. The highest BCUT2D eigenvalue weighted by Crippen LogP contribution is 2.39. The molecule has 0 aliphatic rings. The number of aromatic nitrogens is 3. The molecule has 0 fully saturated rings. The summed E-state index contributed by atoms with van der Waals surface area (Å²) in [7, 11) is 0. The number of nitrogens with zero attached hydrogens (tertiary/aromatic N) is 3. The van der Waals surface area contributed by atoms with Gasteiger partial charge in [-0.25, -0.2) is 9.97 Å². The van der Waals surface area contributed by atoms with E-state index in [4.69, 9.17) is 9.40 Å². The highest BCUT2D eigenvalue weighted by atomic mass is 16.3. The topological polar surface area (TPSA) is 43.9 Å². The van der Waals surface area contributed by atoms with Gasteiger partial charge in [-0.1, -0.05) is 58.0 Å². The molecule has 0 saturated heterocycles. The first kappa shape index (κ1) is 21.6. The Morgan fingerprint density at radius 2 is 1.54 bits per heavy atom. The Bertz CT molecular complexity index is 1690. The van der Waals surface area contributed by atoms with E-state index in [9.17, 15) is 0 Å². The molecule has 0 bridgehead atoms. The largest absolute Gasteiger partial charge is 0.438 e. The number of hydrogen-bond acceptors (Lipinski definition) is 3. The number of fused-ring (bicyclic) bond motifs is 4. The fourth-order valence-corrected chi connectivity index (χ4v) is 5.20. The van der Waals surface area contributed by atoms with Gasteiger partial charge in [-0.15, -0.1) is 0 Å². The maximum absolute atomic E-state index is 6.06. The number of pyridine rings is 1. The first-order valence-electron chi connectivity index (χ1n) is 12.3. The van der Waals surface area contributed by atoms with Crippen LogP contribution < -0.4 is 0 Å². The molecule has 3 aromatic heterocycles. The number of furan rings is 1. The van der Waals surface area contributed by atoms with Crippen molar-refractivity contribution in [2.24, 2.45) is 0 Å². The summed E-state index contributed by atoms with van der Waals surface area (Å²) in [5.41, 5.74) is 9.78. The van der Waals surface area contributed by atoms with Crippen LogP contribution in [0.1, 0.15) is 56.2 Å². The highest BCUT2D eigenvalue weighted by Gasteiger charge is 2.23. The van der Waals surface area contributed by atoms with Gasteiger partial charge in [-0.3, -0.25) is 4.57 Å². The second kappa shape index (κ2) is 8.09. The third-order valence-electron chi connectivity index (χ3n) is 6.96. The van der Waals surface area contributed by atoms with E-state index in [1.807, 2.05) is 6.07 Å². The van der Waals surface area contributed by atoms with E-state index in [1.54, 1.807) is 6.20 Å². The fraction of sp³-hybridized carbons (Fsp3) is 0.226. The molecule has 4 nitrogen and oxygen atoms in total. The minimum absolute atomic E-state index is 0.380. The van der Waals surface area contributed by atoms with Crippen molar-refractivity contribution in [1.29, 1.82) is 0 Å². The highest BCUT2D eigenvalue weighted by molar-refractivity contribution is 6.05. The number of benzene rings is 3. The van der Waals surface area contributed by atoms with E-state index >= 15 is 0 Å². The predicted octanol–water partition coefficient (Wildman–Crippen LogP) is 8.54. The van der Waals surface area contributed by atoms with Crippen molar-refractivity contribution in [3.63, 3.8) is 0 Å². The zero-order valence-electron chi connectivity index (χ0n) is 20.8. The van der Waals surface area contributed by atoms with Gasteiger partial charge in [0.1, 0.15) is 11.4 Å². The van der Waals surface area contributed by atoms with Crippen LogP contribution in [0.15, 0.2) is 77.3 Å². The fourth-order valence-electron chi connectivity index (χ4n) is 5.20. The van der Waals surface area contributed by atoms with Crippen molar-refractivity contribution in [3.05, 3.63) is 89.6 Å². The molecule has 4 heteroatoms. The molecule has 35 heavy (non-hydrogen) atoms. The Balaban J connectivity index is 1.74. The van der Waals surface area contributed by atoms with Crippen molar-refractivity contribution in [1.82, 2.24) is 14.5 Å². The summed E-state index contributed by atoms with van der Waals surface area (Å²) < 4.78 is 8.44. The number of imidazole rings is 1. The van der Waals surface area contributed by atoms with Gasteiger partial charge in [0.15, 0.2) is 0 Å². The smallest absolute Gasteiger partial charge is 0.227 e.